The van der Waals surface area contributed by atoms with Crippen LogP contribution in [-0.2, 0) is 0 Å². The first-order valence-electron chi connectivity index (χ1n) is 5.74. The molecule has 108 valence electrons. The average Bonchev–Trinajstić information content (AvgIpc) is 2.45. The summed E-state index contributed by atoms with van der Waals surface area (Å²) >= 11 is 12.5. The largest absolute Gasteiger partial charge is 0.507 e. The molecule has 0 saturated carbocycles. The molecule has 0 aliphatic rings. The quantitative estimate of drug-likeness (QED) is 0.560. The van der Waals surface area contributed by atoms with Crippen molar-refractivity contribution in [2.75, 3.05) is 0 Å². The van der Waals surface area contributed by atoms with Crippen LogP contribution in [0.3, 0.4) is 0 Å². The predicted octanol–water partition coefficient (Wildman–Crippen LogP) is 4.33. The van der Waals surface area contributed by atoms with Gasteiger partial charge in [0.05, 0.1) is 6.21 Å². The second-order valence-corrected chi connectivity index (χ2v) is 6.18. The zero-order chi connectivity index (χ0) is 15.4. The molecule has 7 heteroatoms. The molecule has 0 radical (unpaired) electrons. The molecule has 2 N–H and O–H groups in total. The number of nitrogens with one attached hydrogen (secondary N) is 1. The van der Waals surface area contributed by atoms with E-state index in [2.05, 4.69) is 42.4 Å². The molecule has 21 heavy (non-hydrogen) atoms. The van der Waals surface area contributed by atoms with Crippen molar-refractivity contribution in [1.29, 1.82) is 0 Å². The van der Waals surface area contributed by atoms with Crippen LogP contribution in [-0.4, -0.2) is 17.2 Å². The SMILES string of the molecule is O=C(NN=Cc1cc(Cl)ccc1O)c1ccc(Br)c(Br)c1. The Bertz CT molecular complexity index is 720. The van der Waals surface area contributed by atoms with E-state index in [-0.39, 0.29) is 11.7 Å². The Labute approximate surface area is 143 Å². The van der Waals surface area contributed by atoms with Gasteiger partial charge in [-0.05, 0) is 68.3 Å². The fraction of sp³-hybridized carbons (Fsp3) is 0. The van der Waals surface area contributed by atoms with Gasteiger partial charge in [-0.15, -0.1) is 0 Å². The molecule has 0 fully saturated rings. The van der Waals surface area contributed by atoms with E-state index >= 15 is 0 Å². The van der Waals surface area contributed by atoms with E-state index in [9.17, 15) is 9.90 Å². The van der Waals surface area contributed by atoms with Gasteiger partial charge in [0.1, 0.15) is 5.75 Å². The van der Waals surface area contributed by atoms with Crippen molar-refractivity contribution in [3.05, 3.63) is 61.5 Å². The summed E-state index contributed by atoms with van der Waals surface area (Å²) in [4.78, 5) is 11.9. The van der Waals surface area contributed by atoms with Crippen LogP contribution in [0.2, 0.25) is 5.02 Å². The Morgan fingerprint density at radius 1 is 1.19 bits per heavy atom. The maximum absolute atomic E-state index is 11.9. The lowest BCUT2D eigenvalue weighted by Gasteiger charge is -2.02. The number of hydrogen-bond acceptors (Lipinski definition) is 3. The van der Waals surface area contributed by atoms with Gasteiger partial charge in [-0.2, -0.15) is 5.10 Å². The maximum Gasteiger partial charge on any atom is 0.271 e. The topological polar surface area (TPSA) is 61.7 Å². The van der Waals surface area contributed by atoms with E-state index in [1.165, 1.54) is 12.3 Å². The number of carbonyl (C=O) groups is 1. The first-order valence-corrected chi connectivity index (χ1v) is 7.71. The summed E-state index contributed by atoms with van der Waals surface area (Å²) < 4.78 is 1.62. The zero-order valence-corrected chi connectivity index (χ0v) is 14.4. The van der Waals surface area contributed by atoms with E-state index in [0.717, 1.165) is 8.95 Å². The van der Waals surface area contributed by atoms with Gasteiger partial charge in [-0.1, -0.05) is 11.6 Å². The first kappa shape index (κ1) is 16.0. The molecule has 0 bridgehead atoms. The van der Waals surface area contributed by atoms with Gasteiger partial charge in [0.2, 0.25) is 0 Å². The van der Waals surface area contributed by atoms with Crippen molar-refractivity contribution in [2.24, 2.45) is 5.10 Å². The average molecular weight is 432 g/mol. The highest BCUT2D eigenvalue weighted by molar-refractivity contribution is 9.13. The summed E-state index contributed by atoms with van der Waals surface area (Å²) in [7, 11) is 0. The number of phenols is 1. The molecule has 0 aliphatic carbocycles. The molecule has 0 saturated heterocycles. The molecule has 2 rings (SSSR count). The van der Waals surface area contributed by atoms with Gasteiger partial charge in [0, 0.05) is 25.1 Å². The lowest BCUT2D eigenvalue weighted by molar-refractivity contribution is 0.0955. The Balaban J connectivity index is 2.08. The van der Waals surface area contributed by atoms with Crippen LogP contribution in [0.5, 0.6) is 5.75 Å². The van der Waals surface area contributed by atoms with Crippen molar-refractivity contribution in [2.45, 2.75) is 0 Å². The molecular formula is C14H9Br2ClN2O2. The maximum atomic E-state index is 11.9. The lowest BCUT2D eigenvalue weighted by Crippen LogP contribution is -2.17. The first-order chi connectivity index (χ1) is 9.97. The lowest BCUT2D eigenvalue weighted by atomic mass is 10.2. The van der Waals surface area contributed by atoms with E-state index in [1.807, 2.05) is 0 Å². The van der Waals surface area contributed by atoms with Crippen LogP contribution in [0.25, 0.3) is 0 Å². The third kappa shape index (κ3) is 4.30. The zero-order valence-electron chi connectivity index (χ0n) is 10.5. The van der Waals surface area contributed by atoms with E-state index in [1.54, 1.807) is 30.3 Å². The summed E-state index contributed by atoms with van der Waals surface area (Å²) in [6.45, 7) is 0. The minimum atomic E-state index is -0.360. The summed E-state index contributed by atoms with van der Waals surface area (Å²) in [6, 6.07) is 9.65. The van der Waals surface area contributed by atoms with Crippen molar-refractivity contribution in [1.82, 2.24) is 5.43 Å². The normalized spacial score (nSPS) is 10.8. The van der Waals surface area contributed by atoms with Crippen LogP contribution in [0.4, 0.5) is 0 Å². The van der Waals surface area contributed by atoms with Gasteiger partial charge in [-0.25, -0.2) is 5.43 Å². The standard InChI is InChI=1S/C14H9Br2ClN2O2/c15-11-3-1-8(6-12(11)16)14(21)19-18-7-9-5-10(17)2-4-13(9)20/h1-7,20H,(H,19,21). The summed E-state index contributed by atoms with van der Waals surface area (Å²) in [5, 5.41) is 13.9. The molecule has 0 heterocycles. The highest BCUT2D eigenvalue weighted by atomic mass is 79.9. The third-order valence-electron chi connectivity index (χ3n) is 2.54. The van der Waals surface area contributed by atoms with Crippen LogP contribution < -0.4 is 5.43 Å². The van der Waals surface area contributed by atoms with Crippen molar-refractivity contribution in [3.63, 3.8) is 0 Å². The minimum Gasteiger partial charge on any atom is -0.507 e. The highest BCUT2D eigenvalue weighted by Crippen LogP contribution is 2.23. The Morgan fingerprint density at radius 2 is 1.95 bits per heavy atom. The van der Waals surface area contributed by atoms with Crippen molar-refractivity contribution in [3.8, 4) is 5.75 Å². The number of benzene rings is 2. The highest BCUT2D eigenvalue weighted by Gasteiger charge is 2.06. The summed E-state index contributed by atoms with van der Waals surface area (Å²) in [6.07, 6.45) is 1.33. The molecular weight excluding hydrogens is 423 g/mol. The molecule has 0 unspecified atom stereocenters. The molecule has 2 aromatic rings. The number of amides is 1. The van der Waals surface area contributed by atoms with Crippen LogP contribution >= 0.6 is 43.5 Å². The molecule has 0 aliphatic heterocycles. The summed E-state index contributed by atoms with van der Waals surface area (Å²) in [5.41, 5.74) is 3.25. The number of aromatic hydroxyl groups is 1. The number of phenolic OH excluding ortho intramolecular Hbond substituents is 1. The van der Waals surface area contributed by atoms with E-state index in [4.69, 9.17) is 11.6 Å². The third-order valence-corrected chi connectivity index (χ3v) is 4.66. The number of rotatable bonds is 3. The Morgan fingerprint density at radius 3 is 2.67 bits per heavy atom. The number of hydrogen-bond donors (Lipinski definition) is 2. The Kier molecular flexibility index (Phi) is 5.39. The number of nitrogens with zero attached hydrogens (tertiary/aromatic N) is 1. The van der Waals surface area contributed by atoms with Gasteiger partial charge >= 0.3 is 0 Å². The Hall–Kier alpha value is -1.37. The van der Waals surface area contributed by atoms with E-state index < -0.39 is 0 Å². The fourth-order valence-electron chi connectivity index (χ4n) is 1.49. The van der Waals surface area contributed by atoms with Crippen LogP contribution in [0.1, 0.15) is 15.9 Å². The fourth-order valence-corrected chi connectivity index (χ4v) is 2.30. The molecule has 0 aromatic heterocycles. The van der Waals surface area contributed by atoms with Gasteiger partial charge in [-0.3, -0.25) is 4.79 Å². The predicted molar refractivity (Wildman–Crippen MR) is 90.0 cm³/mol. The second kappa shape index (κ2) is 7.06. The molecule has 4 nitrogen and oxygen atoms in total. The minimum absolute atomic E-state index is 0.0313. The smallest absolute Gasteiger partial charge is 0.271 e. The van der Waals surface area contributed by atoms with Crippen molar-refractivity contribution >= 4 is 55.6 Å². The number of carbonyl (C=O) groups excluding carboxylic acids is 1. The molecule has 0 atom stereocenters. The number of halogens is 3. The second-order valence-electron chi connectivity index (χ2n) is 4.03. The summed E-state index contributed by atoms with van der Waals surface area (Å²) in [5.74, 6) is -0.329. The van der Waals surface area contributed by atoms with Gasteiger partial charge in [0.25, 0.3) is 5.91 Å². The van der Waals surface area contributed by atoms with Crippen LogP contribution in [0.15, 0.2) is 50.4 Å². The van der Waals surface area contributed by atoms with E-state index in [0.29, 0.717) is 16.1 Å². The van der Waals surface area contributed by atoms with Gasteiger partial charge in [0.15, 0.2) is 0 Å². The van der Waals surface area contributed by atoms with Gasteiger partial charge < -0.3 is 5.11 Å². The molecule has 0 spiro atoms. The number of hydrazone groups is 1. The van der Waals surface area contributed by atoms with Crippen molar-refractivity contribution < 1.29 is 9.90 Å². The van der Waals surface area contributed by atoms with Crippen LogP contribution in [0, 0.1) is 0 Å². The monoisotopic (exact) mass is 430 g/mol. The molecule has 1 amide bonds. The molecule has 2 aromatic carbocycles.